The molecule has 1 rings (SSSR count). The second-order valence-electron chi connectivity index (χ2n) is 8.51. The molecule has 0 bridgehead atoms. The average Bonchev–Trinajstić information content (AvgIpc) is 2.67. The number of aliphatic hydroxyl groups excluding tert-OH is 1. The molecule has 1 aromatic rings. The Balaban J connectivity index is 3.86. The molecular formula is C25H36BrNO2. The van der Waals surface area contributed by atoms with E-state index in [1.54, 1.807) is 19.4 Å². The molecule has 29 heavy (non-hydrogen) atoms. The molecule has 0 aromatic heterocycles. The topological polar surface area (TPSA) is 41.8 Å². The summed E-state index contributed by atoms with van der Waals surface area (Å²) in [5.41, 5.74) is 5.44. The van der Waals surface area contributed by atoms with Gasteiger partial charge in [0.15, 0.2) is 0 Å². The fourth-order valence-electron chi connectivity index (χ4n) is 3.09. The Bertz CT molecular complexity index is 788. The molecule has 3 nitrogen and oxygen atoms in total. The van der Waals surface area contributed by atoms with Crippen molar-refractivity contribution in [2.24, 2.45) is 16.3 Å². The highest BCUT2D eigenvalue weighted by molar-refractivity contribution is 9.10. The van der Waals surface area contributed by atoms with E-state index < -0.39 is 0 Å². The van der Waals surface area contributed by atoms with E-state index in [1.807, 2.05) is 6.92 Å². The van der Waals surface area contributed by atoms with Crippen LogP contribution in [0.4, 0.5) is 0 Å². The van der Waals surface area contributed by atoms with Crippen molar-refractivity contribution in [1.29, 1.82) is 0 Å². The third kappa shape index (κ3) is 7.69. The van der Waals surface area contributed by atoms with Crippen LogP contribution in [-0.2, 0) is 4.74 Å². The highest BCUT2D eigenvalue weighted by Gasteiger charge is 2.24. The fourth-order valence-corrected chi connectivity index (χ4v) is 3.45. The third-order valence-electron chi connectivity index (χ3n) is 4.98. The zero-order valence-electron chi connectivity index (χ0n) is 18.9. The highest BCUT2D eigenvalue weighted by Crippen LogP contribution is 2.38. The quantitative estimate of drug-likeness (QED) is 0.309. The minimum Gasteiger partial charge on any atom is -0.396 e. The zero-order valence-corrected chi connectivity index (χ0v) is 20.5. The van der Waals surface area contributed by atoms with E-state index in [2.05, 4.69) is 86.4 Å². The number of benzene rings is 1. The highest BCUT2D eigenvalue weighted by atomic mass is 79.9. The minimum atomic E-state index is -0.241. The summed E-state index contributed by atoms with van der Waals surface area (Å²) >= 11 is 3.63. The lowest BCUT2D eigenvalue weighted by Gasteiger charge is -2.28. The predicted molar refractivity (Wildman–Crippen MR) is 129 cm³/mol. The smallest absolute Gasteiger partial charge is 0.0962 e. The molecule has 1 atom stereocenters. The van der Waals surface area contributed by atoms with Gasteiger partial charge in [-0.2, -0.15) is 0 Å². The van der Waals surface area contributed by atoms with Crippen LogP contribution in [-0.4, -0.2) is 31.1 Å². The van der Waals surface area contributed by atoms with E-state index in [9.17, 15) is 5.11 Å². The van der Waals surface area contributed by atoms with Gasteiger partial charge < -0.3 is 9.84 Å². The Morgan fingerprint density at radius 2 is 1.97 bits per heavy atom. The van der Waals surface area contributed by atoms with Crippen molar-refractivity contribution in [2.45, 2.75) is 54.1 Å². The zero-order chi connectivity index (χ0) is 22.2. The van der Waals surface area contributed by atoms with Crippen molar-refractivity contribution in [3.8, 4) is 0 Å². The molecular weight excluding hydrogens is 426 g/mol. The number of rotatable bonds is 10. The van der Waals surface area contributed by atoms with Gasteiger partial charge in [-0.25, -0.2) is 0 Å². The van der Waals surface area contributed by atoms with Gasteiger partial charge in [-0.1, -0.05) is 62.3 Å². The molecule has 0 amide bonds. The summed E-state index contributed by atoms with van der Waals surface area (Å²) in [6.07, 6.45) is 6.12. The molecule has 0 saturated carbocycles. The standard InChI is InChI=1S/C25H36BrNO2/c1-9-12-27-24(19(5)29-8)14-21(17(2)3)23(15-25(6,7)16-28)22-13-20(26)11-10-18(22)4/h9-14,17,19,28H,1,15-16H2,2-8H3/b23-21-,24-14+,27-12?. The van der Waals surface area contributed by atoms with Crippen LogP contribution in [0.15, 0.2) is 57.7 Å². The molecule has 1 aromatic carbocycles. The number of halogens is 1. The van der Waals surface area contributed by atoms with E-state index >= 15 is 0 Å². The molecule has 1 N–H and O–H groups in total. The van der Waals surface area contributed by atoms with Gasteiger partial charge in [-0.15, -0.1) is 0 Å². The van der Waals surface area contributed by atoms with Crippen LogP contribution in [0.5, 0.6) is 0 Å². The first kappa shape index (κ1) is 25.5. The van der Waals surface area contributed by atoms with Crippen LogP contribution in [0, 0.1) is 18.3 Å². The molecule has 0 fully saturated rings. The monoisotopic (exact) mass is 461 g/mol. The molecule has 1 unspecified atom stereocenters. The molecule has 0 spiro atoms. The lowest BCUT2D eigenvalue weighted by molar-refractivity contribution is 0.146. The minimum absolute atomic E-state index is 0.120. The molecule has 0 aliphatic carbocycles. The van der Waals surface area contributed by atoms with Gasteiger partial charge in [-0.3, -0.25) is 4.99 Å². The van der Waals surface area contributed by atoms with Crippen molar-refractivity contribution in [3.05, 3.63) is 63.8 Å². The summed E-state index contributed by atoms with van der Waals surface area (Å²) in [6, 6.07) is 6.35. The number of ether oxygens (including phenoxy) is 1. The summed E-state index contributed by atoms with van der Waals surface area (Å²) in [7, 11) is 1.69. The first-order chi connectivity index (χ1) is 13.6. The molecule has 0 heterocycles. The maximum atomic E-state index is 9.96. The number of aliphatic imine (C=N–C) groups is 1. The largest absolute Gasteiger partial charge is 0.396 e. The lowest BCUT2D eigenvalue weighted by Crippen LogP contribution is -2.19. The number of methoxy groups -OCH3 is 1. The van der Waals surface area contributed by atoms with Crippen LogP contribution >= 0.6 is 15.9 Å². The Kier molecular flexibility index (Phi) is 10.2. The number of nitrogens with zero attached hydrogens (tertiary/aromatic N) is 1. The van der Waals surface area contributed by atoms with Gasteiger partial charge >= 0.3 is 0 Å². The molecule has 160 valence electrons. The SMILES string of the molecule is C=CC=N/C(=C/C(=C(\CC(C)(C)CO)c1cc(Br)ccc1C)C(C)C)C(C)OC. The average molecular weight is 462 g/mol. The van der Waals surface area contributed by atoms with E-state index in [0.717, 1.165) is 16.6 Å². The fraction of sp³-hybridized carbons (Fsp3) is 0.480. The predicted octanol–water partition coefficient (Wildman–Crippen LogP) is 6.75. The second kappa shape index (κ2) is 11.6. The maximum absolute atomic E-state index is 9.96. The summed E-state index contributed by atoms with van der Waals surface area (Å²) < 4.78 is 6.60. The van der Waals surface area contributed by atoms with Gasteiger partial charge in [0, 0.05) is 24.4 Å². The Hall–Kier alpha value is -1.49. The maximum Gasteiger partial charge on any atom is 0.0962 e. The summed E-state index contributed by atoms with van der Waals surface area (Å²) in [5.74, 6) is 0.274. The number of hydrogen-bond acceptors (Lipinski definition) is 3. The lowest BCUT2D eigenvalue weighted by atomic mass is 9.79. The van der Waals surface area contributed by atoms with Crippen LogP contribution in [0.3, 0.4) is 0 Å². The van der Waals surface area contributed by atoms with E-state index in [4.69, 9.17) is 4.74 Å². The summed E-state index contributed by atoms with van der Waals surface area (Å²) in [5, 5.41) is 9.96. The van der Waals surface area contributed by atoms with Crippen LogP contribution in [0.2, 0.25) is 0 Å². The Morgan fingerprint density at radius 3 is 2.48 bits per heavy atom. The van der Waals surface area contributed by atoms with E-state index in [0.29, 0.717) is 0 Å². The van der Waals surface area contributed by atoms with E-state index in [-0.39, 0.29) is 24.0 Å². The van der Waals surface area contributed by atoms with Gasteiger partial charge in [0.2, 0.25) is 0 Å². The number of allylic oxidation sites excluding steroid dienone is 4. The number of aliphatic hydroxyl groups is 1. The van der Waals surface area contributed by atoms with Crippen LogP contribution in [0.25, 0.3) is 5.57 Å². The van der Waals surface area contributed by atoms with Gasteiger partial charge in [0.1, 0.15) is 0 Å². The van der Waals surface area contributed by atoms with Gasteiger partial charge in [0.25, 0.3) is 0 Å². The molecule has 0 aliphatic heterocycles. The molecule has 0 aliphatic rings. The van der Waals surface area contributed by atoms with Gasteiger partial charge in [0.05, 0.1) is 11.8 Å². The molecule has 4 heteroatoms. The third-order valence-corrected chi connectivity index (χ3v) is 5.47. The van der Waals surface area contributed by atoms with Crippen molar-refractivity contribution in [2.75, 3.05) is 13.7 Å². The van der Waals surface area contributed by atoms with Crippen molar-refractivity contribution in [1.82, 2.24) is 0 Å². The second-order valence-corrected chi connectivity index (χ2v) is 9.42. The molecule has 0 radical (unpaired) electrons. The van der Waals surface area contributed by atoms with Crippen LogP contribution in [0.1, 0.15) is 52.2 Å². The normalized spacial score (nSPS) is 15.0. The van der Waals surface area contributed by atoms with Gasteiger partial charge in [-0.05, 0) is 72.1 Å². The number of hydrogen-bond donors (Lipinski definition) is 1. The number of aryl methyl sites for hydroxylation is 1. The van der Waals surface area contributed by atoms with E-state index in [1.165, 1.54) is 22.3 Å². The van der Waals surface area contributed by atoms with Crippen LogP contribution < -0.4 is 0 Å². The van der Waals surface area contributed by atoms with Crippen molar-refractivity contribution in [3.63, 3.8) is 0 Å². The summed E-state index contributed by atoms with van der Waals surface area (Å²) in [4.78, 5) is 4.57. The first-order valence-corrected chi connectivity index (χ1v) is 10.9. The molecule has 0 saturated heterocycles. The Labute approximate surface area is 185 Å². The van der Waals surface area contributed by atoms with Crippen molar-refractivity contribution >= 4 is 27.7 Å². The Morgan fingerprint density at radius 1 is 1.31 bits per heavy atom. The van der Waals surface area contributed by atoms with Crippen molar-refractivity contribution < 1.29 is 9.84 Å². The summed E-state index contributed by atoms with van der Waals surface area (Å²) in [6.45, 7) is 16.5. The first-order valence-electron chi connectivity index (χ1n) is 10.1.